The van der Waals surface area contributed by atoms with Crippen LogP contribution in [-0.4, -0.2) is 43.5 Å². The Morgan fingerprint density at radius 3 is 2.60 bits per heavy atom. The van der Waals surface area contributed by atoms with E-state index in [1.165, 1.54) is 18.4 Å². The fourth-order valence-electron chi connectivity index (χ4n) is 3.74. The summed E-state index contributed by atoms with van der Waals surface area (Å²) >= 11 is 1.32. The second kappa shape index (κ2) is 8.16. The fraction of sp³-hybridized carbons (Fsp3) is 0.227. The SMILES string of the molecule is CNC(=O)c1c(NC(=O)c2cccc3ccccc23)sc2c1CCN(C(=O)OC)C2. The summed E-state index contributed by atoms with van der Waals surface area (Å²) in [6.45, 7) is 0.803. The van der Waals surface area contributed by atoms with Crippen molar-refractivity contribution in [3.63, 3.8) is 0 Å². The topological polar surface area (TPSA) is 87.7 Å². The molecule has 2 heterocycles. The van der Waals surface area contributed by atoms with Crippen LogP contribution in [0.15, 0.2) is 42.5 Å². The molecule has 0 saturated carbocycles. The third-order valence-corrected chi connectivity index (χ3v) is 6.34. The maximum absolute atomic E-state index is 13.1. The third kappa shape index (κ3) is 3.50. The summed E-state index contributed by atoms with van der Waals surface area (Å²) in [6, 6.07) is 13.2. The van der Waals surface area contributed by atoms with Crippen molar-refractivity contribution in [2.75, 3.05) is 26.0 Å². The van der Waals surface area contributed by atoms with Gasteiger partial charge in [-0.25, -0.2) is 4.79 Å². The molecule has 0 spiro atoms. The standard InChI is InChI=1S/C22H21N3O4S/c1-23-20(27)18-16-10-11-25(22(28)29-2)12-17(16)30-21(18)24-19(26)15-9-5-7-13-6-3-4-8-14(13)15/h3-9H,10-12H2,1-2H3,(H,23,27)(H,24,26). The first-order chi connectivity index (χ1) is 14.5. The molecule has 1 aromatic heterocycles. The molecule has 7 nitrogen and oxygen atoms in total. The minimum Gasteiger partial charge on any atom is -0.453 e. The molecule has 4 rings (SSSR count). The second-order valence-electron chi connectivity index (χ2n) is 6.91. The first-order valence-electron chi connectivity index (χ1n) is 9.52. The Hall–Kier alpha value is -3.39. The van der Waals surface area contributed by atoms with Crippen LogP contribution < -0.4 is 10.6 Å². The van der Waals surface area contributed by atoms with Gasteiger partial charge in [-0.2, -0.15) is 0 Å². The third-order valence-electron chi connectivity index (χ3n) is 5.21. The van der Waals surface area contributed by atoms with E-state index in [0.717, 1.165) is 21.2 Å². The normalized spacial score (nSPS) is 12.9. The fourth-order valence-corrected chi connectivity index (χ4v) is 4.99. The minimum absolute atomic E-state index is 0.257. The van der Waals surface area contributed by atoms with Gasteiger partial charge in [0.2, 0.25) is 0 Å². The van der Waals surface area contributed by atoms with Crippen molar-refractivity contribution in [3.8, 4) is 0 Å². The predicted octanol–water partition coefficient (Wildman–Crippen LogP) is 3.64. The number of rotatable bonds is 3. The van der Waals surface area contributed by atoms with Crippen molar-refractivity contribution >= 4 is 45.0 Å². The molecule has 0 unspecified atom stereocenters. The number of carbonyl (C=O) groups is 3. The van der Waals surface area contributed by atoms with Crippen LogP contribution in [0.4, 0.5) is 9.80 Å². The van der Waals surface area contributed by atoms with Gasteiger partial charge in [0.15, 0.2) is 0 Å². The van der Waals surface area contributed by atoms with E-state index in [9.17, 15) is 14.4 Å². The average molecular weight is 423 g/mol. The Labute approximate surface area is 177 Å². The van der Waals surface area contributed by atoms with Gasteiger partial charge in [-0.15, -0.1) is 11.3 Å². The van der Waals surface area contributed by atoms with Crippen molar-refractivity contribution in [2.45, 2.75) is 13.0 Å². The number of hydrogen-bond donors (Lipinski definition) is 2. The number of nitrogens with zero attached hydrogens (tertiary/aromatic N) is 1. The van der Waals surface area contributed by atoms with Crippen LogP contribution in [0.5, 0.6) is 0 Å². The Bertz CT molecular complexity index is 1150. The van der Waals surface area contributed by atoms with Gasteiger partial charge >= 0.3 is 6.09 Å². The van der Waals surface area contributed by atoms with Crippen molar-refractivity contribution < 1.29 is 19.1 Å². The van der Waals surface area contributed by atoms with Crippen LogP contribution in [0.2, 0.25) is 0 Å². The lowest BCUT2D eigenvalue weighted by Gasteiger charge is -2.25. The molecule has 0 fully saturated rings. The Balaban J connectivity index is 1.70. The number of carbonyl (C=O) groups excluding carboxylic acids is 3. The predicted molar refractivity (Wildman–Crippen MR) is 116 cm³/mol. The number of ether oxygens (including phenoxy) is 1. The van der Waals surface area contributed by atoms with Crippen LogP contribution in [0.1, 0.15) is 31.2 Å². The molecule has 0 aliphatic carbocycles. The minimum atomic E-state index is -0.406. The van der Waals surface area contributed by atoms with E-state index in [4.69, 9.17) is 4.74 Å². The monoisotopic (exact) mass is 423 g/mol. The number of fused-ring (bicyclic) bond motifs is 2. The molecule has 3 amide bonds. The average Bonchev–Trinajstić information content (AvgIpc) is 3.14. The van der Waals surface area contributed by atoms with Crippen LogP contribution in [-0.2, 0) is 17.7 Å². The maximum Gasteiger partial charge on any atom is 0.409 e. The Kier molecular flexibility index (Phi) is 5.41. The lowest BCUT2D eigenvalue weighted by atomic mass is 10.0. The summed E-state index contributed by atoms with van der Waals surface area (Å²) in [5, 5.41) is 7.89. The highest BCUT2D eigenvalue weighted by Crippen LogP contribution is 2.37. The summed E-state index contributed by atoms with van der Waals surface area (Å²) in [4.78, 5) is 40.1. The summed E-state index contributed by atoms with van der Waals surface area (Å²) in [5.74, 6) is -0.535. The van der Waals surface area contributed by atoms with Crippen molar-refractivity contribution in [1.82, 2.24) is 10.2 Å². The smallest absolute Gasteiger partial charge is 0.409 e. The highest BCUT2D eigenvalue weighted by molar-refractivity contribution is 7.17. The molecule has 0 saturated heterocycles. The van der Waals surface area contributed by atoms with E-state index in [2.05, 4.69) is 10.6 Å². The zero-order valence-electron chi connectivity index (χ0n) is 16.7. The summed E-state index contributed by atoms with van der Waals surface area (Å²) in [7, 11) is 2.91. The van der Waals surface area contributed by atoms with Gasteiger partial charge in [-0.3, -0.25) is 9.59 Å². The molecular formula is C22H21N3O4S. The van der Waals surface area contributed by atoms with E-state index in [1.54, 1.807) is 18.0 Å². The molecule has 1 aliphatic rings. The van der Waals surface area contributed by atoms with E-state index < -0.39 is 6.09 Å². The summed E-state index contributed by atoms with van der Waals surface area (Å²) in [5.41, 5.74) is 1.88. The van der Waals surface area contributed by atoms with Gasteiger partial charge in [0.05, 0.1) is 19.2 Å². The molecule has 1 aliphatic heterocycles. The molecule has 0 atom stereocenters. The number of benzene rings is 2. The molecule has 2 aromatic carbocycles. The molecule has 2 N–H and O–H groups in total. The van der Waals surface area contributed by atoms with Gasteiger partial charge in [-0.1, -0.05) is 36.4 Å². The molecule has 154 valence electrons. The van der Waals surface area contributed by atoms with Crippen molar-refractivity contribution in [2.24, 2.45) is 0 Å². The van der Waals surface area contributed by atoms with Crippen LogP contribution in [0, 0.1) is 0 Å². The van der Waals surface area contributed by atoms with Crippen LogP contribution in [0.25, 0.3) is 10.8 Å². The number of methoxy groups -OCH3 is 1. The van der Waals surface area contributed by atoms with E-state index in [0.29, 0.717) is 35.6 Å². The number of amides is 3. The summed E-state index contributed by atoms with van der Waals surface area (Å²) < 4.78 is 4.82. The Morgan fingerprint density at radius 1 is 1.07 bits per heavy atom. The van der Waals surface area contributed by atoms with Gasteiger partial charge in [-0.05, 0) is 28.8 Å². The van der Waals surface area contributed by atoms with Gasteiger partial charge in [0.1, 0.15) is 5.00 Å². The van der Waals surface area contributed by atoms with Crippen LogP contribution >= 0.6 is 11.3 Å². The molecular weight excluding hydrogens is 402 g/mol. The number of hydrogen-bond acceptors (Lipinski definition) is 5. The Morgan fingerprint density at radius 2 is 1.83 bits per heavy atom. The van der Waals surface area contributed by atoms with E-state index in [-0.39, 0.29) is 11.8 Å². The van der Waals surface area contributed by atoms with Gasteiger partial charge in [0, 0.05) is 24.0 Å². The van der Waals surface area contributed by atoms with E-state index >= 15 is 0 Å². The first kappa shape index (κ1) is 19.9. The highest BCUT2D eigenvalue weighted by atomic mass is 32.1. The number of anilines is 1. The second-order valence-corrected chi connectivity index (χ2v) is 8.01. The molecule has 3 aromatic rings. The lowest BCUT2D eigenvalue weighted by molar-refractivity contribution is 0.0962. The van der Waals surface area contributed by atoms with Gasteiger partial charge in [0.25, 0.3) is 11.8 Å². The highest BCUT2D eigenvalue weighted by Gasteiger charge is 2.30. The molecule has 30 heavy (non-hydrogen) atoms. The quantitative estimate of drug-likeness (QED) is 0.673. The first-order valence-corrected chi connectivity index (χ1v) is 10.3. The molecule has 0 radical (unpaired) electrons. The zero-order chi connectivity index (χ0) is 21.3. The van der Waals surface area contributed by atoms with Crippen molar-refractivity contribution in [1.29, 1.82) is 0 Å². The van der Waals surface area contributed by atoms with Crippen LogP contribution in [0.3, 0.4) is 0 Å². The van der Waals surface area contributed by atoms with Gasteiger partial charge < -0.3 is 20.3 Å². The van der Waals surface area contributed by atoms with Crippen molar-refractivity contribution in [3.05, 3.63) is 64.0 Å². The molecule has 0 bridgehead atoms. The van der Waals surface area contributed by atoms with E-state index in [1.807, 2.05) is 36.4 Å². The summed E-state index contributed by atoms with van der Waals surface area (Å²) in [6.07, 6.45) is 0.116. The number of thiophene rings is 1. The molecule has 8 heteroatoms. The largest absolute Gasteiger partial charge is 0.453 e. The number of nitrogens with one attached hydrogen (secondary N) is 2. The zero-order valence-corrected chi connectivity index (χ0v) is 17.5. The lowest BCUT2D eigenvalue weighted by Crippen LogP contribution is -2.35. The maximum atomic E-state index is 13.1.